The molecule has 2 aromatic rings. The SMILES string of the molecule is Ic1n[nH]c2ncc(N3CCOCC3)cc12. The van der Waals surface area contributed by atoms with E-state index in [2.05, 4.69) is 48.7 Å². The van der Waals surface area contributed by atoms with Crippen molar-refractivity contribution in [3.8, 4) is 0 Å². The van der Waals surface area contributed by atoms with E-state index in [9.17, 15) is 0 Å². The van der Waals surface area contributed by atoms with Gasteiger partial charge in [0, 0.05) is 13.1 Å². The van der Waals surface area contributed by atoms with E-state index >= 15 is 0 Å². The van der Waals surface area contributed by atoms with Crippen LogP contribution in [0.1, 0.15) is 0 Å². The smallest absolute Gasteiger partial charge is 0.156 e. The van der Waals surface area contributed by atoms with Crippen LogP contribution in [0.2, 0.25) is 0 Å². The van der Waals surface area contributed by atoms with Crippen LogP contribution in [0.3, 0.4) is 0 Å². The van der Waals surface area contributed by atoms with Gasteiger partial charge < -0.3 is 9.64 Å². The number of morpholine rings is 1. The molecule has 6 heteroatoms. The van der Waals surface area contributed by atoms with Crippen molar-refractivity contribution in [2.45, 2.75) is 0 Å². The van der Waals surface area contributed by atoms with Gasteiger partial charge in [0.15, 0.2) is 5.65 Å². The molecule has 0 unspecified atom stereocenters. The first kappa shape index (κ1) is 10.3. The minimum Gasteiger partial charge on any atom is -0.378 e. The van der Waals surface area contributed by atoms with E-state index in [1.54, 1.807) is 0 Å². The first-order chi connectivity index (χ1) is 7.84. The van der Waals surface area contributed by atoms with E-state index in [-0.39, 0.29) is 0 Å². The summed E-state index contributed by atoms with van der Waals surface area (Å²) in [5.74, 6) is 0. The molecule has 16 heavy (non-hydrogen) atoms. The summed E-state index contributed by atoms with van der Waals surface area (Å²) in [6.45, 7) is 3.45. The van der Waals surface area contributed by atoms with E-state index in [1.165, 1.54) is 0 Å². The zero-order chi connectivity index (χ0) is 11.0. The molecule has 0 amide bonds. The van der Waals surface area contributed by atoms with Gasteiger partial charge in [0.05, 0.1) is 30.5 Å². The van der Waals surface area contributed by atoms with Crippen LogP contribution in [-0.2, 0) is 4.74 Å². The van der Waals surface area contributed by atoms with Gasteiger partial charge in [-0.25, -0.2) is 4.98 Å². The lowest BCUT2D eigenvalue weighted by molar-refractivity contribution is 0.122. The Morgan fingerprint density at radius 1 is 1.38 bits per heavy atom. The van der Waals surface area contributed by atoms with E-state index in [1.807, 2.05) is 6.20 Å². The van der Waals surface area contributed by atoms with Gasteiger partial charge in [-0.15, -0.1) is 0 Å². The highest BCUT2D eigenvalue weighted by Gasteiger charge is 2.13. The maximum absolute atomic E-state index is 5.34. The largest absolute Gasteiger partial charge is 0.378 e. The van der Waals surface area contributed by atoms with Crippen molar-refractivity contribution in [2.75, 3.05) is 31.2 Å². The molecule has 0 bridgehead atoms. The second-order valence-corrected chi connectivity index (χ2v) is 4.73. The Morgan fingerprint density at radius 3 is 3.00 bits per heavy atom. The van der Waals surface area contributed by atoms with E-state index < -0.39 is 0 Å². The van der Waals surface area contributed by atoms with Gasteiger partial charge >= 0.3 is 0 Å². The summed E-state index contributed by atoms with van der Waals surface area (Å²) in [6, 6.07) is 2.14. The molecule has 1 aliphatic heterocycles. The van der Waals surface area contributed by atoms with Crippen LogP contribution >= 0.6 is 22.6 Å². The third-order valence-corrected chi connectivity index (χ3v) is 3.55. The van der Waals surface area contributed by atoms with Crippen molar-refractivity contribution in [3.05, 3.63) is 16.0 Å². The number of nitrogens with zero attached hydrogens (tertiary/aromatic N) is 3. The summed E-state index contributed by atoms with van der Waals surface area (Å²) in [7, 11) is 0. The fourth-order valence-corrected chi connectivity index (χ4v) is 2.39. The molecule has 1 N–H and O–H groups in total. The first-order valence-corrected chi connectivity index (χ1v) is 6.25. The number of nitrogens with one attached hydrogen (secondary N) is 1. The lowest BCUT2D eigenvalue weighted by Crippen LogP contribution is -2.36. The average molecular weight is 330 g/mol. The van der Waals surface area contributed by atoms with Gasteiger partial charge in [-0.1, -0.05) is 0 Å². The second-order valence-electron chi connectivity index (χ2n) is 3.70. The average Bonchev–Trinajstić information content (AvgIpc) is 2.72. The molecule has 2 aromatic heterocycles. The van der Waals surface area contributed by atoms with Crippen molar-refractivity contribution in [1.82, 2.24) is 15.2 Å². The van der Waals surface area contributed by atoms with Crippen LogP contribution in [0.15, 0.2) is 12.3 Å². The van der Waals surface area contributed by atoms with E-state index in [0.717, 1.165) is 46.7 Å². The van der Waals surface area contributed by atoms with Gasteiger partial charge in [-0.05, 0) is 28.7 Å². The molecule has 0 aromatic carbocycles. The fourth-order valence-electron chi connectivity index (χ4n) is 1.86. The molecule has 0 aliphatic carbocycles. The predicted octanol–water partition coefficient (Wildman–Crippen LogP) is 1.40. The normalized spacial score (nSPS) is 16.9. The molecule has 0 atom stereocenters. The quantitative estimate of drug-likeness (QED) is 0.803. The van der Waals surface area contributed by atoms with Gasteiger partial charge in [-0.3, -0.25) is 5.10 Å². The summed E-state index contributed by atoms with van der Waals surface area (Å²) in [4.78, 5) is 6.66. The molecule has 0 spiro atoms. The molecule has 1 fully saturated rings. The Kier molecular flexibility index (Phi) is 2.68. The molecule has 0 radical (unpaired) electrons. The third-order valence-electron chi connectivity index (χ3n) is 2.73. The van der Waals surface area contributed by atoms with Crippen LogP contribution in [0.4, 0.5) is 5.69 Å². The zero-order valence-corrected chi connectivity index (χ0v) is 10.8. The van der Waals surface area contributed by atoms with Crippen molar-refractivity contribution in [2.24, 2.45) is 0 Å². The van der Waals surface area contributed by atoms with Gasteiger partial charge in [0.1, 0.15) is 3.70 Å². The van der Waals surface area contributed by atoms with Crippen molar-refractivity contribution >= 4 is 39.3 Å². The topological polar surface area (TPSA) is 54.0 Å². The van der Waals surface area contributed by atoms with Crippen LogP contribution in [-0.4, -0.2) is 41.5 Å². The number of ether oxygens (including phenoxy) is 1. The van der Waals surface area contributed by atoms with Crippen LogP contribution < -0.4 is 4.90 Å². The highest BCUT2D eigenvalue weighted by Crippen LogP contribution is 2.22. The number of hydrogen-bond donors (Lipinski definition) is 1. The minimum absolute atomic E-state index is 0.792. The molecule has 5 nitrogen and oxygen atoms in total. The van der Waals surface area contributed by atoms with Crippen molar-refractivity contribution < 1.29 is 4.74 Å². The molecule has 1 aliphatic rings. The Labute approximate surface area is 106 Å². The number of halogens is 1. The third kappa shape index (κ3) is 1.75. The molecule has 3 rings (SSSR count). The summed E-state index contributed by atoms with van der Waals surface area (Å²) < 4.78 is 6.30. The van der Waals surface area contributed by atoms with E-state index in [4.69, 9.17) is 4.74 Å². The fraction of sp³-hybridized carbons (Fsp3) is 0.400. The Morgan fingerprint density at radius 2 is 2.19 bits per heavy atom. The predicted molar refractivity (Wildman–Crippen MR) is 69.6 cm³/mol. The number of fused-ring (bicyclic) bond motifs is 1. The van der Waals surface area contributed by atoms with Gasteiger partial charge in [0.2, 0.25) is 0 Å². The highest BCUT2D eigenvalue weighted by molar-refractivity contribution is 14.1. The summed E-state index contributed by atoms with van der Waals surface area (Å²) in [5, 5.41) is 8.13. The summed E-state index contributed by atoms with van der Waals surface area (Å²) in [6.07, 6.45) is 1.89. The maximum atomic E-state index is 5.34. The standard InChI is InChI=1S/C10H11IN4O/c11-9-8-5-7(6-12-10(8)14-13-9)15-1-3-16-4-2-15/h5-6H,1-4H2,(H,12,13,14). The lowest BCUT2D eigenvalue weighted by Gasteiger charge is -2.28. The number of aromatic amines is 1. The lowest BCUT2D eigenvalue weighted by atomic mass is 10.3. The highest BCUT2D eigenvalue weighted by atomic mass is 127. The minimum atomic E-state index is 0.792. The number of H-pyrrole nitrogens is 1. The Bertz CT molecular complexity index is 506. The Hall–Kier alpha value is -0.890. The van der Waals surface area contributed by atoms with Crippen LogP contribution in [0, 0.1) is 3.70 Å². The molecule has 84 valence electrons. The zero-order valence-electron chi connectivity index (χ0n) is 8.61. The maximum Gasteiger partial charge on any atom is 0.156 e. The van der Waals surface area contributed by atoms with Crippen molar-refractivity contribution in [1.29, 1.82) is 0 Å². The van der Waals surface area contributed by atoms with Gasteiger partial charge in [-0.2, -0.15) is 5.10 Å². The number of rotatable bonds is 1. The molecule has 1 saturated heterocycles. The first-order valence-electron chi connectivity index (χ1n) is 5.17. The van der Waals surface area contributed by atoms with E-state index in [0.29, 0.717) is 0 Å². The van der Waals surface area contributed by atoms with Crippen LogP contribution in [0.25, 0.3) is 11.0 Å². The summed E-state index contributed by atoms with van der Waals surface area (Å²) in [5.41, 5.74) is 2.00. The van der Waals surface area contributed by atoms with Crippen LogP contribution in [0.5, 0.6) is 0 Å². The number of hydrogen-bond acceptors (Lipinski definition) is 4. The number of anilines is 1. The number of pyridine rings is 1. The molecular weight excluding hydrogens is 319 g/mol. The second kappa shape index (κ2) is 4.17. The monoisotopic (exact) mass is 330 g/mol. The summed E-state index contributed by atoms with van der Waals surface area (Å²) >= 11 is 2.22. The van der Waals surface area contributed by atoms with Crippen molar-refractivity contribution in [3.63, 3.8) is 0 Å². The number of aromatic nitrogens is 3. The Balaban J connectivity index is 1.99. The van der Waals surface area contributed by atoms with Gasteiger partial charge in [0.25, 0.3) is 0 Å². The molecular formula is C10H11IN4O. The molecule has 0 saturated carbocycles. The molecule has 3 heterocycles.